The zero-order valence-electron chi connectivity index (χ0n) is 72.4. The van der Waals surface area contributed by atoms with Crippen LogP contribution in [0.15, 0.2) is 170 Å². The summed E-state index contributed by atoms with van der Waals surface area (Å²) in [6.07, 6.45) is 0. The van der Waals surface area contributed by atoms with E-state index in [-0.39, 0.29) is 0 Å². The van der Waals surface area contributed by atoms with Crippen molar-refractivity contribution in [3.05, 3.63) is 192 Å². The number of nitrogens with zero attached hydrogens (tertiary/aromatic N) is 6. The molecule has 11 aromatic rings. The molecule has 0 atom stereocenters. The molecule has 16 heteroatoms. The molecule has 8 aromatic carbocycles. The molecule has 2 aliphatic heterocycles. The van der Waals surface area contributed by atoms with Gasteiger partial charge >= 0.3 is 0 Å². The Morgan fingerprint density at radius 1 is 0.224 bits per heavy atom. The van der Waals surface area contributed by atoms with E-state index in [1.54, 1.807) is 0 Å². The lowest BCUT2D eigenvalue weighted by atomic mass is 10.1. The Hall–Kier alpha value is -10.6. The Balaban J connectivity index is 1.00. The maximum Gasteiger partial charge on any atom is 0.164 e. The van der Waals surface area contributed by atoms with Crippen LogP contribution in [0.2, 0.25) is 66.5 Å². The van der Waals surface area contributed by atoms with Crippen molar-refractivity contribution in [2.24, 2.45) is 0 Å². The van der Waals surface area contributed by atoms with Crippen molar-refractivity contribution < 1.29 is 18.9 Å². The van der Waals surface area contributed by atoms with E-state index in [2.05, 4.69) is 246 Å². The highest BCUT2D eigenvalue weighted by atomic mass is 28.3. The summed E-state index contributed by atoms with van der Waals surface area (Å²) < 4.78 is 27.4. The molecule has 12 nitrogen and oxygen atoms in total. The third kappa shape index (κ3) is 16.4. The summed E-state index contributed by atoms with van der Waals surface area (Å²) in [5, 5.41) is 3.02. The van der Waals surface area contributed by atoms with Crippen molar-refractivity contribution in [1.29, 1.82) is 0 Å². The van der Waals surface area contributed by atoms with E-state index >= 15 is 0 Å². The van der Waals surface area contributed by atoms with Crippen molar-refractivity contribution in [2.45, 2.75) is 233 Å². The van der Waals surface area contributed by atoms with Gasteiger partial charge < -0.3 is 28.9 Å². The van der Waals surface area contributed by atoms with Gasteiger partial charge in [0.25, 0.3) is 0 Å². The van der Waals surface area contributed by atoms with Crippen LogP contribution in [0.25, 0.3) is 89.7 Å². The van der Waals surface area contributed by atoms with Crippen molar-refractivity contribution in [2.75, 3.05) is 0 Å². The first-order valence-electron chi connectivity index (χ1n) is 41.9. The van der Waals surface area contributed by atoms with Crippen molar-refractivity contribution in [3.8, 4) is 137 Å². The molecular weight excluding hydrogens is 1490 g/mol. The molecule has 5 heterocycles. The number of H-pyrrole nitrogens is 2. The third-order valence-electron chi connectivity index (χ3n) is 25.2. The monoisotopic (exact) mass is 1600 g/mol. The van der Waals surface area contributed by atoms with Gasteiger partial charge in [-0.2, -0.15) is 0 Å². The van der Waals surface area contributed by atoms with Crippen molar-refractivity contribution >= 4 is 76.4 Å². The Kier molecular flexibility index (Phi) is 24.4. The Morgan fingerprint density at radius 2 is 0.440 bits per heavy atom. The standard InChI is InChI=1S/C100H114N8O4Si4/c1-61(2)113(62(3)4,63(5)6)49-45-73-29-25-33-77(53-73)109-81-37-41-85-89(57-81)97-101-93(85)106-98-91-59-83(111-79-35-27-31-75(55-79)47-51-115(67(13)14,68(15)16)69(17)18)39-43-87(91)95(103-98)108-100-92-60-84(112-80-36-28-32-76(56-80)48-52-116(70(19)20,71(21)22)72(23)24)40-44-88(92)96(104-100)107-99-90-58-82(38-42-86(90)94(102-99)105-97)110-78-34-26-30-74(54-78)46-50-114(64(7)8,65(9)10)66(11)12/h25-44,53-72H,1-24H3,(H2,101,102,103,104,105,106,107,108). The van der Waals surface area contributed by atoms with Crippen LogP contribution in [-0.2, 0) is 0 Å². The number of aromatic amines is 2. The summed E-state index contributed by atoms with van der Waals surface area (Å²) >= 11 is 0. The normalized spacial score (nSPS) is 12.4. The predicted octanol–water partition coefficient (Wildman–Crippen LogP) is 28.3. The quantitative estimate of drug-likeness (QED) is 0.0559. The molecule has 0 saturated carbocycles. The van der Waals surface area contributed by atoms with Crippen LogP contribution in [0.3, 0.4) is 0 Å². The van der Waals surface area contributed by atoms with Gasteiger partial charge in [-0.05, 0) is 212 Å². The Morgan fingerprint density at radius 3 is 0.690 bits per heavy atom. The average Bonchev–Trinajstić information content (AvgIpc) is 1.59. The molecule has 0 aliphatic carbocycles. The molecule has 0 saturated heterocycles. The van der Waals surface area contributed by atoms with Crippen LogP contribution in [-0.4, -0.2) is 72.2 Å². The van der Waals surface area contributed by atoms with E-state index in [4.69, 9.17) is 48.9 Å². The SMILES string of the molecule is CC(C)[Si](C#Cc1cccc(Oc2ccc3c(c2)-c2nc-3nc3[nH]c(nc4nc(nc5[nH]c(n2)c2ccc(Oc6cccc(C#C[Si](C(C)C)(C(C)C)C(C)C)c6)cc52)-c2ccc(Oc5cccc(C#C[Si](C(C)C)(C(C)C)C(C)C)c5)cc2-4)c2ccc(Oc4cccc(C#C[Si](C(C)C)(C(C)C)C(C)C)c4)cc32)c1)(C(C)C)C(C)C. The van der Waals surface area contributed by atoms with Crippen molar-refractivity contribution in [1.82, 2.24) is 39.9 Å². The topological polar surface area (TPSA) is 146 Å². The van der Waals surface area contributed by atoms with Gasteiger partial charge in [-0.1, -0.05) is 214 Å². The number of benzene rings is 8. The zero-order valence-corrected chi connectivity index (χ0v) is 76.4. The van der Waals surface area contributed by atoms with Gasteiger partial charge in [-0.25, -0.2) is 29.9 Å². The molecular formula is C100H114N8O4Si4. The largest absolute Gasteiger partial charge is 0.457 e. The number of hydrogen-bond acceptors (Lipinski definition) is 10. The van der Waals surface area contributed by atoms with Gasteiger partial charge in [0.1, 0.15) is 101 Å². The Labute approximate surface area is 692 Å². The van der Waals surface area contributed by atoms with E-state index in [1.165, 1.54) is 0 Å². The van der Waals surface area contributed by atoms with Crippen LogP contribution < -0.4 is 18.9 Å². The third-order valence-corrected chi connectivity index (χ3v) is 50.3. The highest BCUT2D eigenvalue weighted by Gasteiger charge is 2.45. The van der Waals surface area contributed by atoms with Gasteiger partial charge in [0.2, 0.25) is 0 Å². The summed E-state index contributed by atoms with van der Waals surface area (Å²) in [6, 6.07) is 56.3. The second-order valence-electron chi connectivity index (χ2n) is 35.5. The molecule has 13 rings (SSSR count). The van der Waals surface area contributed by atoms with Gasteiger partial charge in [-0.15, -0.1) is 22.2 Å². The number of nitrogens with one attached hydrogen (secondary N) is 2. The molecule has 0 fully saturated rings. The first kappa shape index (κ1) is 83.4. The molecule has 116 heavy (non-hydrogen) atoms. The maximum absolute atomic E-state index is 6.85. The molecule has 594 valence electrons. The second-order valence-corrected chi connectivity index (χ2v) is 57.9. The number of hydrogen-bond donors (Lipinski definition) is 2. The van der Waals surface area contributed by atoms with Crippen LogP contribution in [0.5, 0.6) is 46.0 Å². The van der Waals surface area contributed by atoms with E-state index in [1.807, 2.05) is 146 Å². The molecule has 0 unspecified atom stereocenters. The minimum absolute atomic E-state index is 0.407. The predicted molar refractivity (Wildman–Crippen MR) is 494 cm³/mol. The van der Waals surface area contributed by atoms with Gasteiger partial charge in [-0.3, -0.25) is 0 Å². The number of ether oxygens (including phenoxy) is 4. The summed E-state index contributed by atoms with van der Waals surface area (Å²) in [5.74, 6) is 21.2. The smallest absolute Gasteiger partial charge is 0.164 e. The van der Waals surface area contributed by atoms with E-state index < -0.39 is 32.3 Å². The number of fused-ring (bicyclic) bond motifs is 20. The molecule has 0 radical (unpaired) electrons. The van der Waals surface area contributed by atoms with Gasteiger partial charge in [0.15, 0.2) is 23.3 Å². The fourth-order valence-electron chi connectivity index (χ4n) is 19.5. The van der Waals surface area contributed by atoms with Crippen LogP contribution in [0.4, 0.5) is 0 Å². The highest BCUT2D eigenvalue weighted by Crippen LogP contribution is 2.48. The lowest BCUT2D eigenvalue weighted by molar-refractivity contribution is 0.482. The minimum atomic E-state index is -2.03. The summed E-state index contributed by atoms with van der Waals surface area (Å²) in [5.41, 5.74) is 30.1. The van der Waals surface area contributed by atoms with Gasteiger partial charge in [0.05, 0.1) is 0 Å². The van der Waals surface area contributed by atoms with Crippen LogP contribution >= 0.6 is 0 Å². The number of aromatic nitrogens is 8. The Bertz CT molecular complexity index is 5560. The molecule has 8 bridgehead atoms. The molecule has 3 aromatic heterocycles. The summed E-state index contributed by atoms with van der Waals surface area (Å²) in [4.78, 5) is 40.2. The average molecular weight is 1600 g/mol. The van der Waals surface area contributed by atoms with E-state index in [9.17, 15) is 0 Å². The van der Waals surface area contributed by atoms with Crippen molar-refractivity contribution in [3.63, 3.8) is 0 Å². The molecule has 0 spiro atoms. The molecule has 2 aliphatic rings. The van der Waals surface area contributed by atoms with E-state index in [0.29, 0.717) is 170 Å². The second kappa shape index (κ2) is 33.9. The van der Waals surface area contributed by atoms with Gasteiger partial charge in [0, 0.05) is 66.1 Å². The summed E-state index contributed by atoms with van der Waals surface area (Å²) in [7, 11) is -8.10. The highest BCUT2D eigenvalue weighted by molar-refractivity contribution is 6.92. The van der Waals surface area contributed by atoms with E-state index in [0.717, 1.165) is 54.9 Å². The molecule has 2 N–H and O–H groups in total. The maximum atomic E-state index is 6.85. The fourth-order valence-corrected chi connectivity index (χ4v) is 40.4. The van der Waals surface area contributed by atoms with Crippen LogP contribution in [0, 0.1) is 45.9 Å². The number of rotatable bonds is 20. The first-order valence-corrected chi connectivity index (χ1v) is 50.8. The summed E-state index contributed by atoms with van der Waals surface area (Å²) in [6.45, 7) is 56.2. The molecule has 0 amide bonds. The minimum Gasteiger partial charge on any atom is -0.457 e. The lowest BCUT2D eigenvalue weighted by Crippen LogP contribution is -2.43. The zero-order chi connectivity index (χ0) is 83.0. The first-order chi connectivity index (χ1) is 55.2. The fraction of sp³-hybridized carbons (Fsp3) is 0.360. The van der Waals surface area contributed by atoms with Crippen LogP contribution in [0.1, 0.15) is 188 Å². The lowest BCUT2D eigenvalue weighted by Gasteiger charge is -2.38.